The van der Waals surface area contributed by atoms with Crippen molar-refractivity contribution in [2.24, 2.45) is 11.8 Å². The predicted octanol–water partition coefficient (Wildman–Crippen LogP) is 2.01. The van der Waals surface area contributed by atoms with Crippen LogP contribution in [0.4, 0.5) is 0 Å². The van der Waals surface area contributed by atoms with Crippen LogP contribution < -0.4 is 0 Å². The van der Waals surface area contributed by atoms with Gasteiger partial charge in [0.15, 0.2) is 0 Å². The van der Waals surface area contributed by atoms with E-state index in [1.165, 1.54) is 6.42 Å². The minimum atomic E-state index is 0.459. The summed E-state index contributed by atoms with van der Waals surface area (Å²) >= 11 is 0. The molecule has 1 fully saturated rings. The zero-order valence-corrected chi connectivity index (χ0v) is 6.18. The van der Waals surface area contributed by atoms with Gasteiger partial charge in [-0.25, -0.2) is 0 Å². The second-order valence-corrected chi connectivity index (χ2v) is 3.39. The molecule has 1 aliphatic rings. The van der Waals surface area contributed by atoms with Gasteiger partial charge < -0.3 is 0 Å². The van der Waals surface area contributed by atoms with Crippen molar-refractivity contribution in [1.82, 2.24) is 0 Å². The van der Waals surface area contributed by atoms with Crippen molar-refractivity contribution < 1.29 is 4.79 Å². The summed E-state index contributed by atoms with van der Waals surface area (Å²) in [7, 11) is 0. The van der Waals surface area contributed by atoms with E-state index in [0.717, 1.165) is 12.8 Å². The van der Waals surface area contributed by atoms with E-state index >= 15 is 0 Å². The lowest BCUT2D eigenvalue weighted by Gasteiger charge is -2.21. The van der Waals surface area contributed by atoms with Gasteiger partial charge in [0.2, 0.25) is 0 Å². The predicted molar refractivity (Wildman–Crippen MR) is 37.2 cm³/mol. The van der Waals surface area contributed by atoms with Crippen molar-refractivity contribution in [3.05, 3.63) is 0 Å². The first kappa shape index (κ1) is 6.79. The van der Waals surface area contributed by atoms with E-state index in [-0.39, 0.29) is 0 Å². The highest BCUT2D eigenvalue weighted by Gasteiger charge is 2.20. The number of carbonyl (C=O) groups is 1. The number of hydrogen-bond donors (Lipinski definition) is 0. The molecular weight excluding hydrogens is 112 g/mol. The zero-order valence-electron chi connectivity index (χ0n) is 6.18. The smallest absolute Gasteiger partial charge is 0.133 e. The van der Waals surface area contributed by atoms with Crippen LogP contribution >= 0.6 is 0 Å². The fourth-order valence-electron chi connectivity index (χ4n) is 1.71. The molecular formula is C8H14O. The van der Waals surface area contributed by atoms with Crippen LogP contribution in [0.2, 0.25) is 0 Å². The Morgan fingerprint density at radius 1 is 1.22 bits per heavy atom. The molecule has 0 heterocycles. The molecule has 0 saturated heterocycles. The van der Waals surface area contributed by atoms with Crippen LogP contribution in [0.1, 0.15) is 33.1 Å². The van der Waals surface area contributed by atoms with Crippen LogP contribution in [0.3, 0.4) is 0 Å². The Morgan fingerprint density at radius 2 is 1.67 bits per heavy atom. The lowest BCUT2D eigenvalue weighted by molar-refractivity contribution is -0.122. The molecule has 1 nitrogen and oxygen atoms in total. The Hall–Kier alpha value is -0.330. The third-order valence-electron chi connectivity index (χ3n) is 1.96. The fourth-order valence-corrected chi connectivity index (χ4v) is 1.71. The van der Waals surface area contributed by atoms with Crippen LogP contribution in [0.5, 0.6) is 0 Å². The van der Waals surface area contributed by atoms with Gasteiger partial charge >= 0.3 is 0 Å². The highest BCUT2D eigenvalue weighted by Crippen LogP contribution is 2.25. The maximum Gasteiger partial charge on any atom is 0.133 e. The largest absolute Gasteiger partial charge is 0.300 e. The highest BCUT2D eigenvalue weighted by molar-refractivity contribution is 5.79. The van der Waals surface area contributed by atoms with Gasteiger partial charge in [0.1, 0.15) is 5.78 Å². The van der Waals surface area contributed by atoms with Crippen molar-refractivity contribution in [2.75, 3.05) is 0 Å². The van der Waals surface area contributed by atoms with E-state index in [2.05, 4.69) is 13.8 Å². The van der Waals surface area contributed by atoms with Crippen LogP contribution in [0.25, 0.3) is 0 Å². The van der Waals surface area contributed by atoms with E-state index in [1.807, 2.05) is 0 Å². The molecule has 0 aliphatic heterocycles. The maximum absolute atomic E-state index is 10.9. The molecule has 9 heavy (non-hydrogen) atoms. The minimum Gasteiger partial charge on any atom is -0.300 e. The quantitative estimate of drug-likeness (QED) is 0.485. The Balaban J connectivity index is 2.43. The summed E-state index contributed by atoms with van der Waals surface area (Å²) in [5.74, 6) is 1.74. The molecule has 0 bridgehead atoms. The second kappa shape index (κ2) is 2.51. The first-order valence-corrected chi connectivity index (χ1v) is 3.70. The number of rotatable bonds is 0. The Labute approximate surface area is 56.4 Å². The van der Waals surface area contributed by atoms with Crippen molar-refractivity contribution in [3.8, 4) is 0 Å². The van der Waals surface area contributed by atoms with Crippen LogP contribution in [0, 0.1) is 11.8 Å². The standard InChI is InChI=1S/C8H14O/c1-6-3-7(2)5-8(9)4-6/h6-7H,3-5H2,1-2H3/t6-,7-/m1/s1. The van der Waals surface area contributed by atoms with E-state index in [4.69, 9.17) is 0 Å². The van der Waals surface area contributed by atoms with E-state index in [9.17, 15) is 4.79 Å². The number of Topliss-reactive ketones (excluding diaryl/α,β-unsaturated/α-hetero) is 1. The van der Waals surface area contributed by atoms with E-state index in [0.29, 0.717) is 17.6 Å². The van der Waals surface area contributed by atoms with Gasteiger partial charge in [0.25, 0.3) is 0 Å². The van der Waals surface area contributed by atoms with Gasteiger partial charge in [-0.3, -0.25) is 4.79 Å². The Kier molecular flexibility index (Phi) is 1.89. The van der Waals surface area contributed by atoms with Crippen molar-refractivity contribution in [1.29, 1.82) is 0 Å². The molecule has 0 spiro atoms. The first-order valence-electron chi connectivity index (χ1n) is 3.70. The van der Waals surface area contributed by atoms with Gasteiger partial charge in [-0.15, -0.1) is 0 Å². The van der Waals surface area contributed by atoms with Gasteiger partial charge in [0.05, 0.1) is 0 Å². The van der Waals surface area contributed by atoms with Gasteiger partial charge in [0, 0.05) is 12.8 Å². The Morgan fingerprint density at radius 3 is 2.00 bits per heavy atom. The first-order chi connectivity index (χ1) is 4.18. The summed E-state index contributed by atoms with van der Waals surface area (Å²) in [4.78, 5) is 10.9. The normalized spacial score (nSPS) is 36.9. The van der Waals surface area contributed by atoms with Gasteiger partial charge in [-0.1, -0.05) is 13.8 Å². The second-order valence-electron chi connectivity index (χ2n) is 3.39. The van der Waals surface area contributed by atoms with Gasteiger partial charge in [-0.05, 0) is 18.3 Å². The average Bonchev–Trinajstić information content (AvgIpc) is 1.59. The highest BCUT2D eigenvalue weighted by atomic mass is 16.1. The molecule has 2 atom stereocenters. The minimum absolute atomic E-state index is 0.459. The Bertz CT molecular complexity index is 106. The molecule has 1 aliphatic carbocycles. The summed E-state index contributed by atoms with van der Waals surface area (Å²) in [5.41, 5.74) is 0. The summed E-state index contributed by atoms with van der Waals surface area (Å²) in [6.45, 7) is 4.32. The van der Waals surface area contributed by atoms with E-state index in [1.54, 1.807) is 0 Å². The molecule has 0 unspecified atom stereocenters. The van der Waals surface area contributed by atoms with Gasteiger partial charge in [-0.2, -0.15) is 0 Å². The maximum atomic E-state index is 10.9. The summed E-state index contributed by atoms with van der Waals surface area (Å²) in [6, 6.07) is 0. The van der Waals surface area contributed by atoms with Crippen molar-refractivity contribution in [2.45, 2.75) is 33.1 Å². The summed E-state index contributed by atoms with van der Waals surface area (Å²) < 4.78 is 0. The molecule has 0 aromatic rings. The molecule has 0 radical (unpaired) electrons. The zero-order chi connectivity index (χ0) is 6.85. The summed E-state index contributed by atoms with van der Waals surface area (Å²) in [6.07, 6.45) is 2.89. The topological polar surface area (TPSA) is 17.1 Å². The van der Waals surface area contributed by atoms with Crippen molar-refractivity contribution in [3.63, 3.8) is 0 Å². The molecule has 1 rings (SSSR count). The van der Waals surface area contributed by atoms with Crippen LogP contribution in [0.15, 0.2) is 0 Å². The molecule has 1 saturated carbocycles. The molecule has 1 heteroatoms. The SMILES string of the molecule is C[C@H]1CC(=O)C[C@H](C)C1. The number of carbonyl (C=O) groups excluding carboxylic acids is 1. The number of hydrogen-bond acceptors (Lipinski definition) is 1. The lowest BCUT2D eigenvalue weighted by Crippen LogP contribution is -2.18. The molecule has 0 aromatic carbocycles. The molecule has 0 aromatic heterocycles. The number of ketones is 1. The third-order valence-corrected chi connectivity index (χ3v) is 1.96. The third kappa shape index (κ3) is 1.81. The summed E-state index contributed by atoms with van der Waals surface area (Å²) in [5, 5.41) is 0. The van der Waals surface area contributed by atoms with Crippen molar-refractivity contribution >= 4 is 5.78 Å². The monoisotopic (exact) mass is 126 g/mol. The lowest BCUT2D eigenvalue weighted by atomic mass is 9.83. The van der Waals surface area contributed by atoms with Crippen LogP contribution in [-0.4, -0.2) is 5.78 Å². The molecule has 52 valence electrons. The van der Waals surface area contributed by atoms with E-state index < -0.39 is 0 Å². The fraction of sp³-hybridized carbons (Fsp3) is 0.875. The van der Waals surface area contributed by atoms with Crippen LogP contribution in [-0.2, 0) is 4.79 Å². The molecule has 0 N–H and O–H groups in total. The average molecular weight is 126 g/mol. The molecule has 0 amide bonds.